The lowest BCUT2D eigenvalue weighted by molar-refractivity contribution is -0.274. The molecule has 0 saturated heterocycles. The lowest BCUT2D eigenvalue weighted by atomic mass is 10.2. The van der Waals surface area contributed by atoms with E-state index in [1.54, 1.807) is 24.3 Å². The van der Waals surface area contributed by atoms with Gasteiger partial charge in [-0.1, -0.05) is 29.8 Å². The lowest BCUT2D eigenvalue weighted by Crippen LogP contribution is -2.37. The van der Waals surface area contributed by atoms with Gasteiger partial charge in [0.05, 0.1) is 11.4 Å². The average Bonchev–Trinajstić information content (AvgIpc) is 2.60. The second kappa shape index (κ2) is 8.80. The Morgan fingerprint density at radius 3 is 2.32 bits per heavy atom. The molecule has 11 heteroatoms. The highest BCUT2D eigenvalue weighted by Crippen LogP contribution is 2.23. The number of ether oxygens (including phenoxy) is 1. The van der Waals surface area contributed by atoms with Crippen molar-refractivity contribution < 1.29 is 31.1 Å². The van der Waals surface area contributed by atoms with Crippen LogP contribution in [0.15, 0.2) is 53.4 Å². The number of benzene rings is 2. The molecule has 0 radical (unpaired) electrons. The molecule has 2 aromatic carbocycles. The van der Waals surface area contributed by atoms with Crippen LogP contribution in [0.1, 0.15) is 5.56 Å². The van der Waals surface area contributed by atoms with E-state index in [0.29, 0.717) is 10.6 Å². The smallest absolute Gasteiger partial charge is 0.406 e. The van der Waals surface area contributed by atoms with Crippen LogP contribution in [0.5, 0.6) is 5.75 Å². The van der Waals surface area contributed by atoms with Crippen LogP contribution in [0.3, 0.4) is 0 Å². The van der Waals surface area contributed by atoms with Gasteiger partial charge >= 0.3 is 6.36 Å². The Hall–Kier alpha value is -2.30. The number of sulfonamides is 1. The average molecular weight is 437 g/mol. The molecule has 0 aliphatic rings. The summed E-state index contributed by atoms with van der Waals surface area (Å²) in [6.45, 7) is -0.339. The third kappa shape index (κ3) is 6.39. The van der Waals surface area contributed by atoms with Crippen LogP contribution in [0.4, 0.5) is 13.2 Å². The molecule has 0 spiro atoms. The van der Waals surface area contributed by atoms with Crippen molar-refractivity contribution in [3.8, 4) is 5.75 Å². The standard InChI is InChI=1S/C17H16ClF3N2O4S/c1-23(11-12-4-2-3-5-15(12)18)16(24)10-22-28(25,26)14-8-6-13(7-9-14)27-17(19,20)21/h2-9,22H,10-11H2,1H3. The minimum absolute atomic E-state index is 0.184. The molecular weight excluding hydrogens is 421 g/mol. The maximum atomic E-state index is 12.2. The molecule has 0 fully saturated rings. The van der Waals surface area contributed by atoms with Gasteiger partial charge in [0, 0.05) is 18.6 Å². The molecule has 0 aliphatic heterocycles. The topological polar surface area (TPSA) is 75.7 Å². The summed E-state index contributed by atoms with van der Waals surface area (Å²) in [5.74, 6) is -1.07. The fourth-order valence-electron chi connectivity index (χ4n) is 2.17. The zero-order valence-corrected chi connectivity index (χ0v) is 16.1. The molecule has 28 heavy (non-hydrogen) atoms. The van der Waals surface area contributed by atoms with Crippen LogP contribution < -0.4 is 9.46 Å². The summed E-state index contributed by atoms with van der Waals surface area (Å²) in [6.07, 6.45) is -4.88. The first-order valence-corrected chi connectivity index (χ1v) is 9.67. The van der Waals surface area contributed by atoms with E-state index in [1.807, 2.05) is 0 Å². The molecule has 1 N–H and O–H groups in total. The van der Waals surface area contributed by atoms with E-state index >= 15 is 0 Å². The highest BCUT2D eigenvalue weighted by Gasteiger charge is 2.31. The minimum atomic E-state index is -4.88. The number of hydrogen-bond donors (Lipinski definition) is 1. The van der Waals surface area contributed by atoms with Gasteiger partial charge < -0.3 is 9.64 Å². The number of rotatable bonds is 7. The van der Waals surface area contributed by atoms with Gasteiger partial charge in [0.15, 0.2) is 0 Å². The zero-order chi connectivity index (χ0) is 20.9. The summed E-state index contributed by atoms with van der Waals surface area (Å²) in [7, 11) is -2.60. The molecule has 0 aromatic heterocycles. The maximum absolute atomic E-state index is 12.2. The quantitative estimate of drug-likeness (QED) is 0.723. The van der Waals surface area contributed by atoms with Gasteiger partial charge in [0.25, 0.3) is 0 Å². The molecule has 0 bridgehead atoms. The first-order chi connectivity index (χ1) is 13.0. The number of carbonyl (C=O) groups excluding carboxylic acids is 1. The van der Waals surface area contributed by atoms with Crippen LogP contribution >= 0.6 is 11.6 Å². The van der Waals surface area contributed by atoms with E-state index in [1.165, 1.54) is 11.9 Å². The van der Waals surface area contributed by atoms with Crippen molar-refractivity contribution in [1.82, 2.24) is 9.62 Å². The summed E-state index contributed by atoms with van der Waals surface area (Å²) in [6, 6.07) is 10.5. The lowest BCUT2D eigenvalue weighted by Gasteiger charge is -2.18. The number of hydrogen-bond acceptors (Lipinski definition) is 4. The molecule has 0 unspecified atom stereocenters. The van der Waals surface area contributed by atoms with Crippen molar-refractivity contribution >= 4 is 27.5 Å². The van der Waals surface area contributed by atoms with Gasteiger partial charge in [-0.15, -0.1) is 13.2 Å². The van der Waals surface area contributed by atoms with Crippen LogP contribution in [0.2, 0.25) is 5.02 Å². The van der Waals surface area contributed by atoms with Gasteiger partial charge in [-0.25, -0.2) is 13.1 Å². The zero-order valence-electron chi connectivity index (χ0n) is 14.5. The van der Waals surface area contributed by atoms with Crippen LogP contribution in [0.25, 0.3) is 0 Å². The Morgan fingerprint density at radius 1 is 1.14 bits per heavy atom. The van der Waals surface area contributed by atoms with Crippen molar-refractivity contribution in [2.75, 3.05) is 13.6 Å². The van der Waals surface area contributed by atoms with Gasteiger partial charge in [-0.05, 0) is 35.9 Å². The second-order valence-electron chi connectivity index (χ2n) is 5.68. The molecule has 1 amide bonds. The third-order valence-electron chi connectivity index (χ3n) is 3.57. The molecule has 152 valence electrons. The van der Waals surface area contributed by atoms with E-state index in [0.717, 1.165) is 24.3 Å². The molecule has 0 saturated carbocycles. The first-order valence-electron chi connectivity index (χ1n) is 7.81. The Labute approximate surface area is 164 Å². The second-order valence-corrected chi connectivity index (χ2v) is 7.86. The van der Waals surface area contributed by atoms with E-state index in [-0.39, 0.29) is 11.4 Å². The van der Waals surface area contributed by atoms with Crippen LogP contribution in [0, 0.1) is 0 Å². The summed E-state index contributed by atoms with van der Waals surface area (Å²) in [4.78, 5) is 13.2. The molecule has 2 aromatic rings. The van der Waals surface area contributed by atoms with Crippen molar-refractivity contribution in [2.45, 2.75) is 17.8 Å². The predicted molar refractivity (Wildman–Crippen MR) is 96.2 cm³/mol. The van der Waals surface area contributed by atoms with Gasteiger partial charge in [-0.3, -0.25) is 4.79 Å². The molecular formula is C17H16ClF3N2O4S. The molecule has 0 atom stereocenters. The number of amides is 1. The summed E-state index contributed by atoms with van der Waals surface area (Å²) >= 11 is 6.03. The van der Waals surface area contributed by atoms with Gasteiger partial charge in [0.2, 0.25) is 15.9 Å². The number of halogens is 4. The van der Waals surface area contributed by atoms with E-state index in [9.17, 15) is 26.4 Å². The Bertz CT molecular complexity index is 934. The van der Waals surface area contributed by atoms with E-state index in [2.05, 4.69) is 9.46 Å². The molecule has 6 nitrogen and oxygen atoms in total. The summed E-state index contributed by atoms with van der Waals surface area (Å²) in [5.41, 5.74) is 0.697. The fourth-order valence-corrected chi connectivity index (χ4v) is 3.34. The van der Waals surface area contributed by atoms with Crippen LogP contribution in [-0.4, -0.2) is 39.2 Å². The van der Waals surface area contributed by atoms with Crippen LogP contribution in [-0.2, 0) is 21.4 Å². The van der Waals surface area contributed by atoms with Crippen molar-refractivity contribution in [2.24, 2.45) is 0 Å². The largest absolute Gasteiger partial charge is 0.573 e. The summed E-state index contributed by atoms with van der Waals surface area (Å²) < 4.78 is 66.6. The van der Waals surface area contributed by atoms with Gasteiger partial charge in [0.1, 0.15) is 5.75 Å². The number of carbonyl (C=O) groups is 1. The Morgan fingerprint density at radius 2 is 1.75 bits per heavy atom. The maximum Gasteiger partial charge on any atom is 0.573 e. The summed E-state index contributed by atoms with van der Waals surface area (Å²) in [5, 5.41) is 0.476. The minimum Gasteiger partial charge on any atom is -0.406 e. The fraction of sp³-hybridized carbons (Fsp3) is 0.235. The van der Waals surface area contributed by atoms with Crippen molar-refractivity contribution in [3.05, 3.63) is 59.1 Å². The van der Waals surface area contributed by atoms with Crippen molar-refractivity contribution in [3.63, 3.8) is 0 Å². The number of alkyl halides is 3. The van der Waals surface area contributed by atoms with E-state index < -0.39 is 34.6 Å². The number of nitrogens with one attached hydrogen (secondary N) is 1. The number of likely N-dealkylation sites (N-methyl/N-ethyl adjacent to an activating group) is 1. The molecule has 2 rings (SSSR count). The molecule has 0 aliphatic carbocycles. The van der Waals surface area contributed by atoms with E-state index in [4.69, 9.17) is 11.6 Å². The first kappa shape index (κ1) is 22.0. The van der Waals surface area contributed by atoms with Gasteiger partial charge in [-0.2, -0.15) is 0 Å². The highest BCUT2D eigenvalue weighted by molar-refractivity contribution is 7.89. The third-order valence-corrected chi connectivity index (χ3v) is 5.36. The SMILES string of the molecule is CN(Cc1ccccc1Cl)C(=O)CNS(=O)(=O)c1ccc(OC(F)(F)F)cc1. The predicted octanol–water partition coefficient (Wildman–Crippen LogP) is 3.18. The highest BCUT2D eigenvalue weighted by atomic mass is 35.5. The molecule has 0 heterocycles. The number of nitrogens with zero attached hydrogens (tertiary/aromatic N) is 1. The monoisotopic (exact) mass is 436 g/mol. The Kier molecular flexibility index (Phi) is 6.91. The Balaban J connectivity index is 1.96. The van der Waals surface area contributed by atoms with Crippen molar-refractivity contribution in [1.29, 1.82) is 0 Å². The normalized spacial score (nSPS) is 11.9.